The summed E-state index contributed by atoms with van der Waals surface area (Å²) in [5.74, 6) is 0.165. The van der Waals surface area contributed by atoms with Crippen molar-refractivity contribution in [1.82, 2.24) is 20.0 Å². The van der Waals surface area contributed by atoms with Gasteiger partial charge in [-0.2, -0.15) is 0 Å². The highest BCUT2D eigenvalue weighted by molar-refractivity contribution is 6.31. The van der Waals surface area contributed by atoms with Gasteiger partial charge in [0.15, 0.2) is 0 Å². The third-order valence-corrected chi connectivity index (χ3v) is 5.63. The molecule has 2 heterocycles. The van der Waals surface area contributed by atoms with Crippen molar-refractivity contribution in [3.8, 4) is 0 Å². The zero-order valence-electron chi connectivity index (χ0n) is 15.9. The second-order valence-corrected chi connectivity index (χ2v) is 7.62. The lowest BCUT2D eigenvalue weighted by molar-refractivity contribution is -0.140. The van der Waals surface area contributed by atoms with E-state index >= 15 is 0 Å². The van der Waals surface area contributed by atoms with Crippen LogP contribution in [0.25, 0.3) is 0 Å². The minimum Gasteiger partial charge on any atom is -0.333 e. The highest BCUT2D eigenvalue weighted by Crippen LogP contribution is 2.31. The maximum Gasteiger partial charge on any atom is 0.319 e. The molecule has 1 N–H and O–H groups in total. The molecule has 3 rings (SSSR count). The first-order valence-electron chi connectivity index (χ1n) is 9.21. The van der Waals surface area contributed by atoms with Crippen LogP contribution in [0.5, 0.6) is 0 Å². The number of hydrogen-bond acceptors (Lipinski definition) is 3. The van der Waals surface area contributed by atoms with Crippen LogP contribution in [0, 0.1) is 5.92 Å². The molecule has 27 heavy (non-hydrogen) atoms. The van der Waals surface area contributed by atoms with Crippen LogP contribution in [-0.2, 0) is 4.79 Å². The molecule has 2 aliphatic heterocycles. The molecular formula is C19H28Cl2N4O2. The molecule has 0 spiro atoms. The highest BCUT2D eigenvalue weighted by atomic mass is 35.5. The van der Waals surface area contributed by atoms with Crippen LogP contribution in [0.2, 0.25) is 5.02 Å². The van der Waals surface area contributed by atoms with Gasteiger partial charge in [0.2, 0.25) is 5.91 Å². The number of amides is 3. The molecule has 3 amide bonds. The zero-order chi connectivity index (χ0) is 18.7. The van der Waals surface area contributed by atoms with Gasteiger partial charge in [-0.05, 0) is 24.5 Å². The minimum atomic E-state index is -0.0358. The monoisotopic (exact) mass is 414 g/mol. The quantitative estimate of drug-likeness (QED) is 0.808. The number of carbonyl (C=O) groups excluding carboxylic acids is 2. The molecule has 1 unspecified atom stereocenters. The van der Waals surface area contributed by atoms with Gasteiger partial charge in [0.25, 0.3) is 0 Å². The number of likely N-dealkylation sites (tertiary alicyclic amines) is 1. The summed E-state index contributed by atoms with van der Waals surface area (Å²) in [4.78, 5) is 30.7. The average molecular weight is 415 g/mol. The SMILES string of the molecule is CN(C)C(=O)N1CCC(C(=O)N2CCNCC2c2ccccc2Cl)CC1.Cl. The number of nitrogens with zero attached hydrogens (tertiary/aromatic N) is 3. The number of rotatable bonds is 2. The molecule has 0 aromatic heterocycles. The number of piperidine rings is 1. The van der Waals surface area contributed by atoms with Crippen LogP contribution in [0.15, 0.2) is 24.3 Å². The van der Waals surface area contributed by atoms with Gasteiger partial charge >= 0.3 is 6.03 Å². The lowest BCUT2D eigenvalue weighted by atomic mass is 9.93. The Labute approximate surface area is 172 Å². The van der Waals surface area contributed by atoms with E-state index in [1.54, 1.807) is 19.0 Å². The van der Waals surface area contributed by atoms with E-state index in [-0.39, 0.29) is 36.3 Å². The lowest BCUT2D eigenvalue weighted by Crippen LogP contribution is -2.52. The Morgan fingerprint density at radius 1 is 1.15 bits per heavy atom. The van der Waals surface area contributed by atoms with E-state index in [0.717, 1.165) is 24.9 Å². The Bertz CT molecular complexity index is 663. The summed E-state index contributed by atoms with van der Waals surface area (Å²) in [5, 5.41) is 4.07. The van der Waals surface area contributed by atoms with Gasteiger partial charge in [-0.25, -0.2) is 4.79 Å². The Morgan fingerprint density at radius 2 is 1.81 bits per heavy atom. The molecule has 6 nitrogen and oxygen atoms in total. The van der Waals surface area contributed by atoms with Crippen molar-refractivity contribution in [3.05, 3.63) is 34.9 Å². The Balaban J connectivity index is 0.00000261. The van der Waals surface area contributed by atoms with Gasteiger partial charge in [-0.1, -0.05) is 29.8 Å². The number of benzene rings is 1. The fourth-order valence-corrected chi connectivity index (χ4v) is 4.09. The molecule has 0 aliphatic carbocycles. The first-order chi connectivity index (χ1) is 12.5. The Hall–Kier alpha value is -1.50. The average Bonchev–Trinajstić information content (AvgIpc) is 2.67. The van der Waals surface area contributed by atoms with Crippen molar-refractivity contribution in [1.29, 1.82) is 0 Å². The van der Waals surface area contributed by atoms with Crippen molar-refractivity contribution >= 4 is 35.9 Å². The van der Waals surface area contributed by atoms with Crippen LogP contribution >= 0.6 is 24.0 Å². The summed E-state index contributed by atoms with van der Waals surface area (Å²) in [6.07, 6.45) is 1.44. The van der Waals surface area contributed by atoms with Crippen LogP contribution in [0.4, 0.5) is 4.79 Å². The lowest BCUT2D eigenvalue weighted by Gasteiger charge is -2.41. The van der Waals surface area contributed by atoms with Gasteiger partial charge in [0, 0.05) is 57.8 Å². The van der Waals surface area contributed by atoms with Crippen LogP contribution in [0.1, 0.15) is 24.4 Å². The van der Waals surface area contributed by atoms with E-state index in [1.165, 1.54) is 0 Å². The molecule has 2 fully saturated rings. The van der Waals surface area contributed by atoms with Crippen LogP contribution in [0.3, 0.4) is 0 Å². The smallest absolute Gasteiger partial charge is 0.319 e. The van der Waals surface area contributed by atoms with E-state index in [1.807, 2.05) is 34.1 Å². The first kappa shape index (κ1) is 21.8. The summed E-state index contributed by atoms with van der Waals surface area (Å²) >= 11 is 6.38. The van der Waals surface area contributed by atoms with Crippen molar-refractivity contribution in [3.63, 3.8) is 0 Å². The normalized spacial score (nSPS) is 20.8. The van der Waals surface area contributed by atoms with Crippen molar-refractivity contribution in [2.45, 2.75) is 18.9 Å². The second-order valence-electron chi connectivity index (χ2n) is 7.21. The maximum atomic E-state index is 13.2. The van der Waals surface area contributed by atoms with Crippen molar-refractivity contribution in [2.24, 2.45) is 5.92 Å². The second kappa shape index (κ2) is 9.62. The van der Waals surface area contributed by atoms with E-state index in [2.05, 4.69) is 5.32 Å². The van der Waals surface area contributed by atoms with Gasteiger partial charge in [-0.3, -0.25) is 4.79 Å². The number of nitrogens with one attached hydrogen (secondary N) is 1. The molecule has 1 atom stereocenters. The molecule has 0 bridgehead atoms. The largest absolute Gasteiger partial charge is 0.333 e. The number of urea groups is 1. The van der Waals surface area contributed by atoms with E-state index in [4.69, 9.17) is 11.6 Å². The number of halogens is 2. The highest BCUT2D eigenvalue weighted by Gasteiger charge is 2.35. The molecule has 0 radical (unpaired) electrons. The topological polar surface area (TPSA) is 55.9 Å². The summed E-state index contributed by atoms with van der Waals surface area (Å²) < 4.78 is 0. The standard InChI is InChI=1S/C19H27ClN4O2.ClH/c1-22(2)19(26)23-10-7-14(8-11-23)18(25)24-12-9-21-13-17(24)15-5-3-4-6-16(15)20;/h3-6,14,17,21H,7-13H2,1-2H3;1H. The van der Waals surface area contributed by atoms with Crippen LogP contribution < -0.4 is 5.32 Å². The van der Waals surface area contributed by atoms with Gasteiger partial charge in [0.1, 0.15) is 0 Å². The van der Waals surface area contributed by atoms with Gasteiger partial charge < -0.3 is 20.0 Å². The molecule has 150 valence electrons. The molecule has 1 aromatic carbocycles. The van der Waals surface area contributed by atoms with E-state index < -0.39 is 0 Å². The first-order valence-corrected chi connectivity index (χ1v) is 9.58. The summed E-state index contributed by atoms with van der Waals surface area (Å²) in [7, 11) is 3.52. The predicted molar refractivity (Wildman–Crippen MR) is 109 cm³/mol. The van der Waals surface area contributed by atoms with Crippen molar-refractivity contribution < 1.29 is 9.59 Å². The van der Waals surface area contributed by atoms with Crippen LogP contribution in [-0.4, -0.2) is 73.5 Å². The van der Waals surface area contributed by atoms with Gasteiger partial charge in [0.05, 0.1) is 6.04 Å². The molecular weight excluding hydrogens is 387 g/mol. The zero-order valence-corrected chi connectivity index (χ0v) is 17.4. The summed E-state index contributed by atoms with van der Waals surface area (Å²) in [6.45, 7) is 3.47. The maximum absolute atomic E-state index is 13.2. The molecule has 2 saturated heterocycles. The van der Waals surface area contributed by atoms with E-state index in [9.17, 15) is 9.59 Å². The fraction of sp³-hybridized carbons (Fsp3) is 0.579. The molecule has 1 aromatic rings. The third kappa shape index (κ3) is 4.86. The number of carbonyl (C=O) groups is 2. The van der Waals surface area contributed by atoms with Crippen molar-refractivity contribution in [2.75, 3.05) is 46.8 Å². The molecule has 2 aliphatic rings. The molecule has 8 heteroatoms. The fourth-order valence-electron chi connectivity index (χ4n) is 3.83. The molecule has 0 saturated carbocycles. The summed E-state index contributed by atoms with van der Waals surface area (Å²) in [6, 6.07) is 7.73. The Kier molecular flexibility index (Phi) is 7.77. The Morgan fingerprint density at radius 3 is 2.44 bits per heavy atom. The predicted octanol–water partition coefficient (Wildman–Crippen LogP) is 2.63. The number of hydrogen-bond donors (Lipinski definition) is 1. The number of piperazine rings is 1. The van der Waals surface area contributed by atoms with E-state index in [0.29, 0.717) is 31.2 Å². The third-order valence-electron chi connectivity index (χ3n) is 5.29. The summed E-state index contributed by atoms with van der Waals surface area (Å²) in [5.41, 5.74) is 0.995. The van der Waals surface area contributed by atoms with Gasteiger partial charge in [-0.15, -0.1) is 12.4 Å². The minimum absolute atomic E-state index is 0.